The van der Waals surface area contributed by atoms with E-state index in [1.54, 1.807) is 11.8 Å². The number of hydrogen-bond donors (Lipinski definition) is 1. The summed E-state index contributed by atoms with van der Waals surface area (Å²) in [7, 11) is 0. The summed E-state index contributed by atoms with van der Waals surface area (Å²) in [4.78, 5) is 15.2. The van der Waals surface area contributed by atoms with Crippen molar-refractivity contribution in [2.45, 2.75) is 30.6 Å². The van der Waals surface area contributed by atoms with E-state index < -0.39 is 0 Å². The number of anilines is 2. The van der Waals surface area contributed by atoms with E-state index in [4.69, 9.17) is 5.73 Å². The van der Waals surface area contributed by atoms with Crippen molar-refractivity contribution < 1.29 is 4.79 Å². The summed E-state index contributed by atoms with van der Waals surface area (Å²) >= 11 is 1.60. The average Bonchev–Trinajstić information content (AvgIpc) is 2.86. The molecule has 0 saturated heterocycles. The van der Waals surface area contributed by atoms with Gasteiger partial charge >= 0.3 is 0 Å². The van der Waals surface area contributed by atoms with Gasteiger partial charge in [-0.15, -0.1) is 11.8 Å². The fraction of sp³-hybridized carbons (Fsp3) is 0.500. The maximum Gasteiger partial charge on any atom is 0.237 e. The van der Waals surface area contributed by atoms with Crippen LogP contribution >= 0.6 is 11.8 Å². The van der Waals surface area contributed by atoms with Crippen LogP contribution in [0.15, 0.2) is 23.1 Å². The Morgan fingerprint density at radius 2 is 2.11 bits per heavy atom. The lowest BCUT2D eigenvalue weighted by Crippen LogP contribution is -2.38. The summed E-state index contributed by atoms with van der Waals surface area (Å²) in [5.41, 5.74) is 7.64. The number of amides is 1. The van der Waals surface area contributed by atoms with Gasteiger partial charge in [0.2, 0.25) is 5.91 Å². The second-order valence-corrected chi connectivity index (χ2v) is 6.19. The molecule has 3 rings (SSSR count). The summed E-state index contributed by atoms with van der Waals surface area (Å²) < 4.78 is 0. The quantitative estimate of drug-likeness (QED) is 0.834. The van der Waals surface area contributed by atoms with E-state index in [0.29, 0.717) is 11.7 Å². The highest BCUT2D eigenvalue weighted by Crippen LogP contribution is 2.38. The van der Waals surface area contributed by atoms with Gasteiger partial charge in [-0.05, 0) is 37.0 Å². The Morgan fingerprint density at radius 1 is 1.33 bits per heavy atom. The molecule has 1 amide bonds. The van der Waals surface area contributed by atoms with Crippen molar-refractivity contribution in [3.8, 4) is 0 Å². The van der Waals surface area contributed by atoms with Crippen LogP contribution < -0.4 is 10.6 Å². The molecule has 0 radical (unpaired) electrons. The smallest absolute Gasteiger partial charge is 0.237 e. The van der Waals surface area contributed by atoms with E-state index >= 15 is 0 Å². The molecule has 1 aliphatic heterocycles. The molecule has 0 aromatic heterocycles. The Labute approximate surface area is 112 Å². The van der Waals surface area contributed by atoms with Gasteiger partial charge in [0.1, 0.15) is 0 Å². The molecule has 2 N–H and O–H groups in total. The molecule has 2 aliphatic rings. The molecule has 1 heterocycles. The van der Waals surface area contributed by atoms with E-state index in [0.717, 1.165) is 22.8 Å². The zero-order valence-electron chi connectivity index (χ0n) is 10.4. The number of carbonyl (C=O) groups excluding carboxylic acids is 1. The lowest BCUT2D eigenvalue weighted by Gasteiger charge is -2.31. The molecule has 0 unspecified atom stereocenters. The molecule has 0 bridgehead atoms. The van der Waals surface area contributed by atoms with Crippen molar-refractivity contribution in [3.63, 3.8) is 0 Å². The lowest BCUT2D eigenvalue weighted by atomic mass is 10.1. The molecule has 0 spiro atoms. The van der Waals surface area contributed by atoms with Crippen molar-refractivity contribution in [2.24, 2.45) is 5.92 Å². The number of thioether (sulfide) groups is 1. The van der Waals surface area contributed by atoms with Crippen LogP contribution in [0, 0.1) is 5.92 Å². The third-order valence-electron chi connectivity index (χ3n) is 3.84. The monoisotopic (exact) mass is 262 g/mol. The fourth-order valence-corrected chi connectivity index (χ4v) is 3.85. The summed E-state index contributed by atoms with van der Waals surface area (Å²) in [5, 5.41) is 0. The van der Waals surface area contributed by atoms with Crippen molar-refractivity contribution in [3.05, 3.63) is 18.2 Å². The highest BCUT2D eigenvalue weighted by Gasteiger charge is 2.28. The summed E-state index contributed by atoms with van der Waals surface area (Å²) in [6.45, 7) is 0.885. The van der Waals surface area contributed by atoms with Crippen molar-refractivity contribution >= 4 is 29.0 Å². The number of nitrogens with zero attached hydrogens (tertiary/aromatic N) is 1. The van der Waals surface area contributed by atoms with Gasteiger partial charge in [-0.2, -0.15) is 0 Å². The van der Waals surface area contributed by atoms with Gasteiger partial charge in [-0.25, -0.2) is 0 Å². The Hall–Kier alpha value is -1.16. The number of carbonyl (C=O) groups is 1. The van der Waals surface area contributed by atoms with Crippen molar-refractivity contribution in [1.29, 1.82) is 0 Å². The van der Waals surface area contributed by atoms with Crippen LogP contribution in [0.2, 0.25) is 0 Å². The van der Waals surface area contributed by atoms with E-state index in [1.165, 1.54) is 25.7 Å². The number of nitrogen functional groups attached to an aromatic ring is 1. The number of rotatable bonds is 2. The minimum absolute atomic E-state index is 0.240. The summed E-state index contributed by atoms with van der Waals surface area (Å²) in [6.07, 6.45) is 5.16. The van der Waals surface area contributed by atoms with Crippen LogP contribution in [0.1, 0.15) is 25.7 Å². The highest BCUT2D eigenvalue weighted by molar-refractivity contribution is 8.00. The van der Waals surface area contributed by atoms with Crippen LogP contribution in [-0.4, -0.2) is 18.2 Å². The maximum atomic E-state index is 12.1. The maximum absolute atomic E-state index is 12.1. The van der Waals surface area contributed by atoms with Crippen LogP contribution in [0.25, 0.3) is 0 Å². The Balaban J connectivity index is 1.86. The van der Waals surface area contributed by atoms with Crippen molar-refractivity contribution in [1.82, 2.24) is 0 Å². The molecule has 1 aromatic rings. The molecule has 1 saturated carbocycles. The topological polar surface area (TPSA) is 46.3 Å². The van der Waals surface area contributed by atoms with E-state index in [1.807, 2.05) is 23.1 Å². The first kappa shape index (κ1) is 11.9. The summed E-state index contributed by atoms with van der Waals surface area (Å²) in [6, 6.07) is 5.86. The molecular formula is C14H18N2OS. The Bertz CT molecular complexity index is 469. The second kappa shape index (κ2) is 4.84. The van der Waals surface area contributed by atoms with Gasteiger partial charge in [-0.1, -0.05) is 12.8 Å². The molecule has 1 fully saturated rings. The number of fused-ring (bicyclic) bond motifs is 1. The number of nitrogens with two attached hydrogens (primary N) is 1. The van der Waals surface area contributed by atoms with E-state index in [-0.39, 0.29) is 5.91 Å². The van der Waals surface area contributed by atoms with Crippen LogP contribution in [0.5, 0.6) is 0 Å². The molecule has 0 atom stereocenters. The standard InChI is InChI=1S/C14H18N2OS/c15-11-5-6-12-13(7-11)18-9-14(17)16(12)8-10-3-1-2-4-10/h5-7,10H,1-4,8-9,15H2. The highest BCUT2D eigenvalue weighted by atomic mass is 32.2. The largest absolute Gasteiger partial charge is 0.399 e. The first-order chi connectivity index (χ1) is 8.74. The van der Waals surface area contributed by atoms with Crippen LogP contribution in [-0.2, 0) is 4.79 Å². The summed E-state index contributed by atoms with van der Waals surface area (Å²) in [5.74, 6) is 1.47. The third kappa shape index (κ3) is 2.21. The van der Waals surface area contributed by atoms with Gasteiger partial charge in [-0.3, -0.25) is 4.79 Å². The minimum Gasteiger partial charge on any atom is -0.399 e. The second-order valence-electron chi connectivity index (χ2n) is 5.17. The molecule has 3 nitrogen and oxygen atoms in total. The van der Waals surface area contributed by atoms with Gasteiger partial charge in [0.15, 0.2) is 0 Å². The average molecular weight is 262 g/mol. The Morgan fingerprint density at radius 3 is 2.89 bits per heavy atom. The van der Waals surface area contributed by atoms with E-state index in [2.05, 4.69) is 0 Å². The van der Waals surface area contributed by atoms with E-state index in [9.17, 15) is 4.79 Å². The first-order valence-corrected chi connectivity index (χ1v) is 7.55. The zero-order valence-corrected chi connectivity index (χ0v) is 11.2. The van der Waals surface area contributed by atoms with Gasteiger partial charge < -0.3 is 10.6 Å². The minimum atomic E-state index is 0.240. The zero-order chi connectivity index (χ0) is 12.5. The predicted octanol–water partition coefficient (Wildman–Crippen LogP) is 2.90. The van der Waals surface area contributed by atoms with Crippen molar-refractivity contribution in [2.75, 3.05) is 22.9 Å². The van der Waals surface area contributed by atoms with Gasteiger partial charge in [0.05, 0.1) is 11.4 Å². The molecular weight excluding hydrogens is 244 g/mol. The molecule has 4 heteroatoms. The van der Waals surface area contributed by atoms with Gasteiger partial charge in [0.25, 0.3) is 0 Å². The normalized spacial score (nSPS) is 20.2. The third-order valence-corrected chi connectivity index (χ3v) is 4.87. The lowest BCUT2D eigenvalue weighted by molar-refractivity contribution is -0.116. The number of benzene rings is 1. The molecule has 1 aromatic carbocycles. The first-order valence-electron chi connectivity index (χ1n) is 6.57. The predicted molar refractivity (Wildman–Crippen MR) is 75.9 cm³/mol. The molecule has 96 valence electrons. The van der Waals surface area contributed by atoms with Crippen LogP contribution in [0.3, 0.4) is 0 Å². The molecule has 18 heavy (non-hydrogen) atoms. The van der Waals surface area contributed by atoms with Gasteiger partial charge in [0, 0.05) is 17.1 Å². The fourth-order valence-electron chi connectivity index (χ4n) is 2.87. The van der Waals surface area contributed by atoms with Crippen LogP contribution in [0.4, 0.5) is 11.4 Å². The molecule has 1 aliphatic carbocycles. The number of hydrogen-bond acceptors (Lipinski definition) is 3. The SMILES string of the molecule is Nc1ccc2c(c1)SCC(=O)N2CC1CCCC1. The Kier molecular flexibility index (Phi) is 3.20.